The number of thiophene rings is 1. The third-order valence-corrected chi connectivity index (χ3v) is 5.11. The number of methoxy groups -OCH3 is 1. The number of amidine groups is 1. The van der Waals surface area contributed by atoms with Gasteiger partial charge in [-0.2, -0.15) is 5.10 Å². The van der Waals surface area contributed by atoms with E-state index in [0.29, 0.717) is 11.6 Å². The molecule has 1 aliphatic rings. The van der Waals surface area contributed by atoms with Crippen molar-refractivity contribution >= 4 is 40.4 Å². The predicted octanol–water partition coefficient (Wildman–Crippen LogP) is 2.92. The van der Waals surface area contributed by atoms with Crippen LogP contribution in [-0.2, 0) is 11.2 Å². The largest absolute Gasteiger partial charge is 0.497 e. The molecule has 1 saturated heterocycles. The number of carbonyl (C=O) groups is 1. The Balaban J connectivity index is 1.60. The molecule has 1 aliphatic heterocycles. The van der Waals surface area contributed by atoms with Gasteiger partial charge in [0.25, 0.3) is 0 Å². The maximum Gasteiger partial charge on any atom is 0.239 e. The summed E-state index contributed by atoms with van der Waals surface area (Å²) in [5, 5.41) is 13.2. The van der Waals surface area contributed by atoms with Crippen molar-refractivity contribution in [2.45, 2.75) is 11.7 Å². The van der Waals surface area contributed by atoms with E-state index in [1.54, 1.807) is 24.7 Å². The van der Waals surface area contributed by atoms with E-state index in [2.05, 4.69) is 15.5 Å². The Morgan fingerprint density at radius 2 is 2.13 bits per heavy atom. The molecule has 2 heterocycles. The van der Waals surface area contributed by atoms with Gasteiger partial charge in [-0.1, -0.05) is 30.0 Å². The molecule has 1 aromatic carbocycles. The number of hydrogen-bond acceptors (Lipinski definition) is 6. The average molecular weight is 345 g/mol. The number of nitrogens with one attached hydrogen (secondary N) is 1. The second-order valence-corrected chi connectivity index (χ2v) is 6.98. The van der Waals surface area contributed by atoms with Gasteiger partial charge >= 0.3 is 0 Å². The smallest absolute Gasteiger partial charge is 0.239 e. The van der Waals surface area contributed by atoms with Crippen LogP contribution in [0.3, 0.4) is 0 Å². The number of amides is 1. The van der Waals surface area contributed by atoms with Crippen LogP contribution in [0.4, 0.5) is 0 Å². The first-order chi connectivity index (χ1) is 11.2. The minimum atomic E-state index is -0.181. The summed E-state index contributed by atoms with van der Waals surface area (Å²) in [6, 6.07) is 11.6. The molecule has 1 N–H and O–H groups in total. The lowest BCUT2D eigenvalue weighted by Crippen LogP contribution is -2.25. The lowest BCUT2D eigenvalue weighted by molar-refractivity contribution is -0.118. The highest BCUT2D eigenvalue weighted by Crippen LogP contribution is 2.24. The summed E-state index contributed by atoms with van der Waals surface area (Å²) < 4.78 is 5.13. The van der Waals surface area contributed by atoms with Gasteiger partial charge in [0.05, 0.1) is 18.6 Å². The molecule has 0 unspecified atom stereocenters. The fourth-order valence-corrected chi connectivity index (χ4v) is 3.61. The predicted molar refractivity (Wildman–Crippen MR) is 95.6 cm³/mol. The van der Waals surface area contributed by atoms with Gasteiger partial charge in [-0.05, 0) is 35.6 Å². The van der Waals surface area contributed by atoms with Gasteiger partial charge in [0.1, 0.15) is 5.75 Å². The van der Waals surface area contributed by atoms with Crippen LogP contribution in [0.25, 0.3) is 0 Å². The zero-order valence-corrected chi connectivity index (χ0v) is 14.1. The first kappa shape index (κ1) is 15.8. The second-order valence-electron chi connectivity index (χ2n) is 4.81. The molecule has 5 nitrogen and oxygen atoms in total. The van der Waals surface area contributed by atoms with Crippen molar-refractivity contribution in [1.29, 1.82) is 0 Å². The molecule has 3 rings (SSSR count). The first-order valence-electron chi connectivity index (χ1n) is 6.99. The lowest BCUT2D eigenvalue weighted by atomic mass is 10.1. The number of benzene rings is 1. The van der Waals surface area contributed by atoms with E-state index in [0.717, 1.165) is 16.2 Å². The molecule has 0 saturated carbocycles. The van der Waals surface area contributed by atoms with Gasteiger partial charge in [-0.25, -0.2) is 0 Å². The van der Waals surface area contributed by atoms with Gasteiger partial charge < -0.3 is 10.1 Å². The Morgan fingerprint density at radius 3 is 2.83 bits per heavy atom. The maximum absolute atomic E-state index is 12.0. The van der Waals surface area contributed by atoms with Crippen LogP contribution in [0.2, 0.25) is 0 Å². The van der Waals surface area contributed by atoms with Crippen LogP contribution >= 0.6 is 23.1 Å². The maximum atomic E-state index is 12.0. The number of carbonyl (C=O) groups excluding carboxylic acids is 1. The summed E-state index contributed by atoms with van der Waals surface area (Å²) in [7, 11) is 1.63. The Hall–Kier alpha value is -2.12. The number of rotatable bonds is 5. The van der Waals surface area contributed by atoms with Gasteiger partial charge in [0.2, 0.25) is 5.91 Å². The third kappa shape index (κ3) is 4.20. The summed E-state index contributed by atoms with van der Waals surface area (Å²) in [4.78, 5) is 13.0. The standard InChI is InChI=1S/C16H15N3O2S2/c1-21-12-6-4-11(5-7-12)9-14-15(20)18-16(23-14)19-17-10-13-3-2-8-22-13/h2-8,10,14H,9H2,1H3,(H,18,19,20)/b17-10+/t14-/m1/s1. The Morgan fingerprint density at radius 1 is 1.30 bits per heavy atom. The molecule has 0 bridgehead atoms. The second kappa shape index (κ2) is 7.43. The van der Waals surface area contributed by atoms with Crippen LogP contribution < -0.4 is 10.1 Å². The minimum Gasteiger partial charge on any atom is -0.497 e. The summed E-state index contributed by atoms with van der Waals surface area (Å²) in [6.07, 6.45) is 2.33. The molecular formula is C16H15N3O2S2. The summed E-state index contributed by atoms with van der Waals surface area (Å²) in [5.74, 6) is 0.776. The Labute approximate surface area is 142 Å². The van der Waals surface area contributed by atoms with Crippen molar-refractivity contribution < 1.29 is 9.53 Å². The fraction of sp³-hybridized carbons (Fsp3) is 0.188. The van der Waals surface area contributed by atoms with Crippen molar-refractivity contribution in [1.82, 2.24) is 5.32 Å². The minimum absolute atomic E-state index is 0.0316. The zero-order chi connectivity index (χ0) is 16.1. The zero-order valence-electron chi connectivity index (χ0n) is 12.4. The topological polar surface area (TPSA) is 63.1 Å². The van der Waals surface area contributed by atoms with Crippen molar-refractivity contribution in [3.63, 3.8) is 0 Å². The highest BCUT2D eigenvalue weighted by molar-refractivity contribution is 8.15. The van der Waals surface area contributed by atoms with Crippen molar-refractivity contribution in [2.75, 3.05) is 7.11 Å². The Bertz CT molecular complexity index is 724. The number of hydrogen-bond donors (Lipinski definition) is 1. The molecule has 23 heavy (non-hydrogen) atoms. The highest BCUT2D eigenvalue weighted by atomic mass is 32.2. The van der Waals surface area contributed by atoms with Gasteiger partial charge in [0.15, 0.2) is 5.17 Å². The monoisotopic (exact) mass is 345 g/mol. The normalized spacial score (nSPS) is 19.4. The molecule has 118 valence electrons. The fourth-order valence-electron chi connectivity index (χ4n) is 2.07. The average Bonchev–Trinajstić information content (AvgIpc) is 3.19. The van der Waals surface area contributed by atoms with Crippen molar-refractivity contribution in [2.24, 2.45) is 10.2 Å². The first-order valence-corrected chi connectivity index (χ1v) is 8.75. The van der Waals surface area contributed by atoms with Crippen LogP contribution in [-0.4, -0.2) is 29.6 Å². The van der Waals surface area contributed by atoms with Gasteiger partial charge in [0, 0.05) is 4.88 Å². The van der Waals surface area contributed by atoms with Crippen molar-refractivity contribution in [3.8, 4) is 5.75 Å². The molecule has 0 aliphatic carbocycles. The van der Waals surface area contributed by atoms with E-state index in [1.165, 1.54) is 11.8 Å². The number of ether oxygens (including phenoxy) is 1. The van der Waals surface area contributed by atoms with Gasteiger partial charge in [-0.3, -0.25) is 4.79 Å². The number of nitrogens with zero attached hydrogens (tertiary/aromatic N) is 2. The van der Waals surface area contributed by atoms with E-state index < -0.39 is 0 Å². The Kier molecular flexibility index (Phi) is 5.09. The lowest BCUT2D eigenvalue weighted by Gasteiger charge is -2.06. The van der Waals surface area contributed by atoms with Crippen molar-refractivity contribution in [3.05, 3.63) is 52.2 Å². The highest BCUT2D eigenvalue weighted by Gasteiger charge is 2.30. The van der Waals surface area contributed by atoms with Crippen LogP contribution in [0, 0.1) is 0 Å². The SMILES string of the molecule is COc1ccc(C[C@H]2S/C(=N/N=C/c3cccs3)NC2=O)cc1. The molecule has 1 aromatic heterocycles. The number of thioether (sulfide) groups is 1. The van der Waals surface area contributed by atoms with E-state index in [4.69, 9.17) is 4.74 Å². The summed E-state index contributed by atoms with van der Waals surface area (Å²) in [6.45, 7) is 0. The van der Waals surface area contributed by atoms with E-state index in [9.17, 15) is 4.79 Å². The molecule has 1 fully saturated rings. The van der Waals surface area contributed by atoms with E-state index in [-0.39, 0.29) is 11.2 Å². The van der Waals surface area contributed by atoms with Crippen LogP contribution in [0.15, 0.2) is 52.0 Å². The molecule has 1 amide bonds. The quantitative estimate of drug-likeness (QED) is 0.669. The molecule has 0 radical (unpaired) electrons. The summed E-state index contributed by atoms with van der Waals surface area (Å²) >= 11 is 3.00. The summed E-state index contributed by atoms with van der Waals surface area (Å²) in [5.41, 5.74) is 1.08. The molecule has 0 spiro atoms. The molecule has 2 aromatic rings. The van der Waals surface area contributed by atoms with E-state index in [1.807, 2.05) is 41.8 Å². The van der Waals surface area contributed by atoms with Crippen LogP contribution in [0.1, 0.15) is 10.4 Å². The molecular weight excluding hydrogens is 330 g/mol. The van der Waals surface area contributed by atoms with E-state index >= 15 is 0 Å². The molecule has 1 atom stereocenters. The third-order valence-electron chi connectivity index (χ3n) is 3.23. The molecule has 7 heteroatoms. The van der Waals surface area contributed by atoms with Crippen LogP contribution in [0.5, 0.6) is 5.75 Å². The van der Waals surface area contributed by atoms with Gasteiger partial charge in [-0.15, -0.1) is 16.4 Å².